The lowest BCUT2D eigenvalue weighted by molar-refractivity contribution is 0.0872. The van der Waals surface area contributed by atoms with Gasteiger partial charge in [0, 0.05) is 45.2 Å². The number of imide groups is 2. The highest BCUT2D eigenvalue weighted by Gasteiger charge is 2.41. The minimum absolute atomic E-state index is 0.245. The Labute approximate surface area is 224 Å². The molecule has 194 valence electrons. The molecule has 2 aliphatic heterocycles. The summed E-state index contributed by atoms with van der Waals surface area (Å²) in [7, 11) is 3.04. The number of amides is 4. The smallest absolute Gasteiger partial charge is 0.265 e. The summed E-state index contributed by atoms with van der Waals surface area (Å²) in [4.78, 5) is 57.4. The summed E-state index contributed by atoms with van der Waals surface area (Å²) in [5, 5.41) is 0.632. The first-order valence-corrected chi connectivity index (χ1v) is 12.3. The van der Waals surface area contributed by atoms with Crippen LogP contribution < -0.4 is 19.3 Å². The molecule has 0 aromatic heterocycles. The van der Waals surface area contributed by atoms with Crippen LogP contribution in [-0.4, -0.2) is 37.8 Å². The number of ether oxygens (including phenoxy) is 2. The second-order valence-corrected chi connectivity index (χ2v) is 9.72. The molecule has 0 unspecified atom stereocenters. The quantitative estimate of drug-likeness (QED) is 0.335. The molecule has 39 heavy (non-hydrogen) atoms. The molecule has 0 N–H and O–H groups in total. The van der Waals surface area contributed by atoms with Crippen molar-refractivity contribution in [1.29, 1.82) is 0 Å². The van der Waals surface area contributed by atoms with Gasteiger partial charge in [-0.25, -0.2) is 9.80 Å². The molecule has 4 amide bonds. The van der Waals surface area contributed by atoms with Crippen molar-refractivity contribution >= 4 is 45.8 Å². The average Bonchev–Trinajstić information content (AvgIpc) is 2.92. The molecular weight excluding hydrogens is 496 g/mol. The topological polar surface area (TPSA) is 93.2 Å². The van der Waals surface area contributed by atoms with Crippen LogP contribution in [0, 0.1) is 20.8 Å². The van der Waals surface area contributed by atoms with Crippen LogP contribution in [0.3, 0.4) is 0 Å². The van der Waals surface area contributed by atoms with Gasteiger partial charge in [-0.05, 0) is 67.8 Å². The predicted molar refractivity (Wildman–Crippen MR) is 146 cm³/mol. The second kappa shape index (κ2) is 8.52. The third kappa shape index (κ3) is 3.31. The van der Waals surface area contributed by atoms with Crippen molar-refractivity contribution in [1.82, 2.24) is 0 Å². The van der Waals surface area contributed by atoms with E-state index in [-0.39, 0.29) is 22.3 Å². The average molecular weight is 521 g/mol. The summed E-state index contributed by atoms with van der Waals surface area (Å²) in [6.45, 7) is 5.51. The molecule has 6 rings (SSSR count). The maximum absolute atomic E-state index is 13.8. The number of hydrogen-bond acceptors (Lipinski definition) is 6. The first-order valence-electron chi connectivity index (χ1n) is 12.3. The summed E-state index contributed by atoms with van der Waals surface area (Å²) in [6, 6.07) is 14.9. The lowest BCUT2D eigenvalue weighted by Gasteiger charge is -2.33. The van der Waals surface area contributed by atoms with Crippen molar-refractivity contribution in [2.75, 3.05) is 24.0 Å². The van der Waals surface area contributed by atoms with E-state index in [0.29, 0.717) is 33.6 Å². The molecule has 2 aliphatic rings. The molecule has 0 aliphatic carbocycles. The number of hydrogen-bond donors (Lipinski definition) is 0. The SMILES string of the molecule is COc1ccc(C)c(N2C(=O)c3ccc4c5c(ccc(c35)C2=O)C(=O)N(c2cc(OC)c(C)cc2C)C4=O)c1. The van der Waals surface area contributed by atoms with E-state index < -0.39 is 23.6 Å². The Bertz CT molecular complexity index is 1730. The van der Waals surface area contributed by atoms with Gasteiger partial charge in [0.2, 0.25) is 0 Å². The fraction of sp³-hybridized carbons (Fsp3) is 0.161. The van der Waals surface area contributed by atoms with Crippen LogP contribution in [0.2, 0.25) is 0 Å². The number of anilines is 2. The molecular formula is C31H24N2O6. The zero-order chi connectivity index (χ0) is 27.7. The van der Waals surface area contributed by atoms with Crippen LogP contribution in [-0.2, 0) is 0 Å². The number of aryl methyl sites for hydroxylation is 3. The van der Waals surface area contributed by atoms with Gasteiger partial charge in [-0.15, -0.1) is 0 Å². The van der Waals surface area contributed by atoms with Gasteiger partial charge in [0.1, 0.15) is 11.5 Å². The number of rotatable bonds is 4. The van der Waals surface area contributed by atoms with Crippen molar-refractivity contribution in [3.8, 4) is 11.5 Å². The van der Waals surface area contributed by atoms with E-state index in [1.807, 2.05) is 19.9 Å². The van der Waals surface area contributed by atoms with Crippen molar-refractivity contribution < 1.29 is 28.7 Å². The van der Waals surface area contributed by atoms with E-state index in [0.717, 1.165) is 26.5 Å². The number of methoxy groups -OCH3 is 2. The molecule has 0 saturated heterocycles. The zero-order valence-electron chi connectivity index (χ0n) is 22.0. The Morgan fingerprint density at radius 2 is 0.974 bits per heavy atom. The molecule has 4 aromatic rings. The van der Waals surface area contributed by atoms with Gasteiger partial charge in [-0.3, -0.25) is 19.2 Å². The monoisotopic (exact) mass is 520 g/mol. The molecule has 0 bridgehead atoms. The lowest BCUT2D eigenvalue weighted by atomic mass is 9.85. The summed E-state index contributed by atoms with van der Waals surface area (Å²) >= 11 is 0. The van der Waals surface area contributed by atoms with Crippen LogP contribution in [0.1, 0.15) is 58.1 Å². The van der Waals surface area contributed by atoms with Crippen LogP contribution in [0.5, 0.6) is 11.5 Å². The standard InChI is InChI=1S/C31H24N2O6/c1-15-6-7-18(38-4)13-23(15)32-28(34)19-8-10-21-27-22(11-9-20(26(19)27)29(32)35)31(37)33(30(21)36)24-14-25(39-5)17(3)12-16(24)2/h6-14H,1-5H3. The van der Waals surface area contributed by atoms with Crippen molar-refractivity contribution in [3.05, 3.63) is 93.5 Å². The molecule has 2 heterocycles. The zero-order valence-corrected chi connectivity index (χ0v) is 22.0. The summed E-state index contributed by atoms with van der Waals surface area (Å²) in [5.74, 6) is -1.07. The first kappa shape index (κ1) is 24.4. The third-order valence-corrected chi connectivity index (χ3v) is 7.51. The van der Waals surface area contributed by atoms with Gasteiger partial charge in [0.05, 0.1) is 25.6 Å². The van der Waals surface area contributed by atoms with Gasteiger partial charge in [0.15, 0.2) is 0 Å². The largest absolute Gasteiger partial charge is 0.497 e. The van der Waals surface area contributed by atoms with Crippen molar-refractivity contribution in [2.45, 2.75) is 20.8 Å². The Balaban J connectivity index is 1.54. The number of carbonyl (C=O) groups is 4. The van der Waals surface area contributed by atoms with E-state index in [1.165, 1.54) is 14.2 Å². The Morgan fingerprint density at radius 3 is 1.41 bits per heavy atom. The highest BCUT2D eigenvalue weighted by atomic mass is 16.5. The van der Waals surface area contributed by atoms with Crippen LogP contribution in [0.4, 0.5) is 11.4 Å². The maximum atomic E-state index is 13.8. The van der Waals surface area contributed by atoms with E-state index in [9.17, 15) is 19.2 Å². The minimum atomic E-state index is -0.533. The molecule has 4 aromatic carbocycles. The molecule has 0 atom stereocenters. The molecule has 0 radical (unpaired) electrons. The summed E-state index contributed by atoms with van der Waals surface area (Å²) in [6.07, 6.45) is 0. The summed E-state index contributed by atoms with van der Waals surface area (Å²) < 4.78 is 10.8. The lowest BCUT2D eigenvalue weighted by Crippen LogP contribution is -2.43. The second-order valence-electron chi connectivity index (χ2n) is 9.72. The highest BCUT2D eigenvalue weighted by molar-refractivity contribution is 6.42. The van der Waals surface area contributed by atoms with Gasteiger partial charge >= 0.3 is 0 Å². The fourth-order valence-corrected chi connectivity index (χ4v) is 5.55. The first-order chi connectivity index (χ1) is 18.7. The number of nitrogens with zero attached hydrogens (tertiary/aromatic N) is 2. The van der Waals surface area contributed by atoms with E-state index >= 15 is 0 Å². The highest BCUT2D eigenvalue weighted by Crippen LogP contribution is 2.42. The van der Waals surface area contributed by atoms with Gasteiger partial charge in [-0.1, -0.05) is 12.1 Å². The van der Waals surface area contributed by atoms with Crippen molar-refractivity contribution in [2.24, 2.45) is 0 Å². The van der Waals surface area contributed by atoms with Gasteiger partial charge in [-0.2, -0.15) is 0 Å². The number of benzene rings is 4. The van der Waals surface area contributed by atoms with Crippen LogP contribution in [0.15, 0.2) is 54.6 Å². The third-order valence-electron chi connectivity index (χ3n) is 7.51. The van der Waals surface area contributed by atoms with Crippen molar-refractivity contribution in [3.63, 3.8) is 0 Å². The minimum Gasteiger partial charge on any atom is -0.497 e. The fourth-order valence-electron chi connectivity index (χ4n) is 5.55. The number of carbonyl (C=O) groups excluding carboxylic acids is 4. The van der Waals surface area contributed by atoms with Gasteiger partial charge < -0.3 is 9.47 Å². The Hall–Kier alpha value is -4.98. The summed E-state index contributed by atoms with van der Waals surface area (Å²) in [5.41, 5.74) is 4.14. The van der Waals surface area contributed by atoms with Crippen LogP contribution in [0.25, 0.3) is 10.8 Å². The predicted octanol–water partition coefficient (Wildman–Crippen LogP) is 5.38. The molecule has 8 heteroatoms. The van der Waals surface area contributed by atoms with E-state index in [2.05, 4.69) is 0 Å². The Kier molecular flexibility index (Phi) is 5.32. The van der Waals surface area contributed by atoms with Gasteiger partial charge in [0.25, 0.3) is 23.6 Å². The van der Waals surface area contributed by atoms with E-state index in [1.54, 1.807) is 55.5 Å². The molecule has 8 nitrogen and oxygen atoms in total. The molecule has 0 spiro atoms. The Morgan fingerprint density at radius 1 is 0.513 bits per heavy atom. The van der Waals surface area contributed by atoms with E-state index in [4.69, 9.17) is 9.47 Å². The van der Waals surface area contributed by atoms with Crippen LogP contribution >= 0.6 is 0 Å². The molecule has 0 fully saturated rings. The normalized spacial score (nSPS) is 14.4. The maximum Gasteiger partial charge on any atom is 0.265 e. The molecule has 0 saturated carbocycles.